The Bertz CT molecular complexity index is 651. The molecule has 4 saturated carbocycles. The molecule has 0 amide bonds. The lowest BCUT2D eigenvalue weighted by Crippen LogP contribution is -2.62. The monoisotopic (exact) mass is 433 g/mol. The molecule has 0 aromatic rings. The van der Waals surface area contributed by atoms with Crippen molar-refractivity contribution in [3.63, 3.8) is 0 Å². The second kappa shape index (κ2) is 8.72. The van der Waals surface area contributed by atoms with Crippen molar-refractivity contribution in [3.8, 4) is 0 Å². The Labute approximate surface area is 189 Å². The molecule has 0 heterocycles. The van der Waals surface area contributed by atoms with Crippen LogP contribution in [-0.4, -0.2) is 39.9 Å². The van der Waals surface area contributed by atoms with Gasteiger partial charge in [0.15, 0.2) is 0 Å². The zero-order valence-electron chi connectivity index (χ0n) is 20.1. The lowest BCUT2D eigenvalue weighted by Gasteiger charge is -2.63. The molecular weight excluding hydrogens is 388 g/mol. The van der Waals surface area contributed by atoms with Gasteiger partial charge in [-0.3, -0.25) is 4.79 Å². The van der Waals surface area contributed by atoms with E-state index in [0.29, 0.717) is 29.6 Å². The fraction of sp³-hybridized carbons (Fsp3) is 0.963. The standard InChI is InChI=1S/C27H45O4/c1-16(15-28)6-5-7-17(2)20-8-9-21-25-22(14-24(31)27(20,21)4)26(3)11-10-19(29)12-18(26)13-23(25)30/h16-25,29-31H,5-14H2,1-4H3/t16?,17-,18?,19?,20-,21+,22+,23?,24?,25+,26+,27-/m1/s1. The third-order valence-electron chi connectivity index (χ3n) is 11.0. The molecule has 0 bridgehead atoms. The summed E-state index contributed by atoms with van der Waals surface area (Å²) >= 11 is 0. The van der Waals surface area contributed by atoms with E-state index < -0.39 is 0 Å². The van der Waals surface area contributed by atoms with E-state index in [1.807, 2.05) is 6.92 Å². The van der Waals surface area contributed by atoms with Crippen LogP contribution in [0.4, 0.5) is 0 Å². The molecule has 4 rings (SSSR count). The van der Waals surface area contributed by atoms with Crippen molar-refractivity contribution in [2.75, 3.05) is 0 Å². The van der Waals surface area contributed by atoms with Crippen molar-refractivity contribution in [1.29, 1.82) is 0 Å². The average molecular weight is 434 g/mol. The Kier molecular flexibility index (Phi) is 6.67. The third-order valence-corrected chi connectivity index (χ3v) is 11.0. The van der Waals surface area contributed by atoms with Crippen molar-refractivity contribution in [3.05, 3.63) is 0 Å². The molecule has 4 fully saturated rings. The number of aliphatic hydroxyl groups is 3. The van der Waals surface area contributed by atoms with Crippen molar-refractivity contribution in [2.45, 2.75) is 110 Å². The summed E-state index contributed by atoms with van der Waals surface area (Å²) in [5.74, 6) is 2.42. The minimum Gasteiger partial charge on any atom is -0.393 e. The summed E-state index contributed by atoms with van der Waals surface area (Å²) in [6, 6.07) is 0. The number of carbonyl (C=O) groups excluding carboxylic acids is 1. The van der Waals surface area contributed by atoms with Gasteiger partial charge in [0, 0.05) is 5.92 Å². The Morgan fingerprint density at radius 2 is 1.71 bits per heavy atom. The van der Waals surface area contributed by atoms with Crippen LogP contribution in [0.15, 0.2) is 0 Å². The first-order chi connectivity index (χ1) is 14.6. The smallest absolute Gasteiger partial charge is 0.201 e. The maximum atomic E-state index is 11.6. The normalized spacial score (nSPS) is 51.3. The molecule has 177 valence electrons. The van der Waals surface area contributed by atoms with E-state index in [1.54, 1.807) is 0 Å². The number of hydrogen-bond acceptors (Lipinski definition) is 4. The molecule has 4 nitrogen and oxygen atoms in total. The lowest BCUT2D eigenvalue weighted by molar-refractivity contribution is -0.207. The highest BCUT2D eigenvalue weighted by Gasteiger charge is 2.65. The summed E-state index contributed by atoms with van der Waals surface area (Å²) in [6.45, 7) is 8.99. The minimum absolute atomic E-state index is 0.0141. The van der Waals surface area contributed by atoms with Gasteiger partial charge in [0.25, 0.3) is 0 Å². The number of fused-ring (bicyclic) bond motifs is 5. The molecule has 4 aliphatic carbocycles. The van der Waals surface area contributed by atoms with Crippen LogP contribution in [-0.2, 0) is 4.79 Å². The highest BCUT2D eigenvalue weighted by molar-refractivity contribution is 5.53. The highest BCUT2D eigenvalue weighted by Crippen LogP contribution is 2.68. The zero-order valence-corrected chi connectivity index (χ0v) is 20.1. The number of rotatable bonds is 6. The Balaban J connectivity index is 1.53. The fourth-order valence-electron chi connectivity index (χ4n) is 9.14. The van der Waals surface area contributed by atoms with Gasteiger partial charge in [-0.25, -0.2) is 0 Å². The molecule has 4 aliphatic rings. The molecule has 0 aromatic heterocycles. The lowest BCUT2D eigenvalue weighted by atomic mass is 9.43. The van der Waals surface area contributed by atoms with Crippen LogP contribution in [0.2, 0.25) is 0 Å². The maximum absolute atomic E-state index is 11.6. The molecule has 0 spiro atoms. The van der Waals surface area contributed by atoms with Gasteiger partial charge in [0.1, 0.15) is 0 Å². The summed E-state index contributed by atoms with van der Waals surface area (Å²) in [6.07, 6.45) is 10.9. The van der Waals surface area contributed by atoms with Crippen molar-refractivity contribution in [2.24, 2.45) is 52.3 Å². The summed E-state index contributed by atoms with van der Waals surface area (Å²) in [5, 5.41) is 33.2. The van der Waals surface area contributed by atoms with E-state index in [0.717, 1.165) is 64.2 Å². The van der Waals surface area contributed by atoms with Gasteiger partial charge < -0.3 is 15.3 Å². The molecule has 0 saturated heterocycles. The third kappa shape index (κ3) is 3.83. The van der Waals surface area contributed by atoms with Gasteiger partial charge >= 0.3 is 0 Å². The average Bonchev–Trinajstić information content (AvgIpc) is 3.08. The van der Waals surface area contributed by atoms with E-state index >= 15 is 0 Å². The maximum Gasteiger partial charge on any atom is 0.201 e. The predicted octanol–water partition coefficient (Wildman–Crippen LogP) is 4.50. The molecule has 0 aliphatic heterocycles. The summed E-state index contributed by atoms with van der Waals surface area (Å²) < 4.78 is 0. The SMILES string of the molecule is CC([C]=O)CCC[C@@H](C)[C@H]1CC[C@H]2[C@@H]3C(O)CC4CC(O)CC[C@]4(C)[C@H]3CC(O)[C@]12C. The molecular formula is C27H45O4. The van der Waals surface area contributed by atoms with Crippen LogP contribution < -0.4 is 0 Å². The van der Waals surface area contributed by atoms with E-state index in [4.69, 9.17) is 0 Å². The van der Waals surface area contributed by atoms with E-state index in [2.05, 4.69) is 27.1 Å². The highest BCUT2D eigenvalue weighted by atomic mass is 16.3. The first-order valence-electron chi connectivity index (χ1n) is 13.0. The molecule has 1 radical (unpaired) electrons. The van der Waals surface area contributed by atoms with Gasteiger partial charge in [-0.2, -0.15) is 0 Å². The quantitative estimate of drug-likeness (QED) is 0.576. The molecule has 4 heteroatoms. The molecule has 0 aromatic carbocycles. The van der Waals surface area contributed by atoms with Gasteiger partial charge in [0.05, 0.1) is 18.3 Å². The van der Waals surface area contributed by atoms with Gasteiger partial charge in [-0.1, -0.05) is 40.5 Å². The van der Waals surface area contributed by atoms with Crippen LogP contribution in [0.5, 0.6) is 0 Å². The molecule has 5 unspecified atom stereocenters. The van der Waals surface area contributed by atoms with Crippen LogP contribution >= 0.6 is 0 Å². The van der Waals surface area contributed by atoms with Gasteiger partial charge in [-0.15, -0.1) is 0 Å². The second-order valence-electron chi connectivity index (χ2n) is 12.5. The topological polar surface area (TPSA) is 77.8 Å². The molecule has 3 N–H and O–H groups in total. The number of aliphatic hydroxyl groups excluding tert-OH is 3. The van der Waals surface area contributed by atoms with Crippen LogP contribution in [0.1, 0.15) is 91.9 Å². The van der Waals surface area contributed by atoms with Crippen LogP contribution in [0.3, 0.4) is 0 Å². The second-order valence-corrected chi connectivity index (χ2v) is 12.5. The Morgan fingerprint density at radius 1 is 0.968 bits per heavy atom. The number of hydrogen-bond donors (Lipinski definition) is 3. The van der Waals surface area contributed by atoms with Crippen molar-refractivity contribution in [1.82, 2.24) is 0 Å². The zero-order chi connectivity index (χ0) is 22.6. The van der Waals surface area contributed by atoms with Crippen LogP contribution in [0, 0.1) is 52.3 Å². The predicted molar refractivity (Wildman–Crippen MR) is 122 cm³/mol. The van der Waals surface area contributed by atoms with Crippen LogP contribution in [0.25, 0.3) is 0 Å². The Morgan fingerprint density at radius 3 is 2.42 bits per heavy atom. The van der Waals surface area contributed by atoms with Crippen molar-refractivity contribution >= 4 is 6.29 Å². The summed E-state index contributed by atoms with van der Waals surface area (Å²) in [4.78, 5) is 10.8. The van der Waals surface area contributed by atoms with E-state index in [9.17, 15) is 20.1 Å². The first kappa shape index (κ1) is 23.7. The van der Waals surface area contributed by atoms with Crippen molar-refractivity contribution < 1.29 is 20.1 Å². The van der Waals surface area contributed by atoms with Gasteiger partial charge in [0.2, 0.25) is 6.29 Å². The first-order valence-corrected chi connectivity index (χ1v) is 13.0. The van der Waals surface area contributed by atoms with E-state index in [-0.39, 0.29) is 41.0 Å². The molecule has 31 heavy (non-hydrogen) atoms. The largest absolute Gasteiger partial charge is 0.393 e. The Hall–Kier alpha value is -0.450. The van der Waals surface area contributed by atoms with E-state index in [1.165, 1.54) is 0 Å². The fourth-order valence-corrected chi connectivity index (χ4v) is 9.14. The van der Waals surface area contributed by atoms with Gasteiger partial charge in [-0.05, 0) is 97.7 Å². The summed E-state index contributed by atoms with van der Waals surface area (Å²) in [7, 11) is 0. The minimum atomic E-state index is -0.314. The summed E-state index contributed by atoms with van der Waals surface area (Å²) in [5.41, 5.74) is 0.0119. The molecule has 12 atom stereocenters.